The largest absolute Gasteiger partial charge is 0.508 e. The molecule has 1 saturated heterocycles. The van der Waals surface area contributed by atoms with Crippen LogP contribution in [0.5, 0.6) is 5.75 Å². The van der Waals surface area contributed by atoms with Gasteiger partial charge in [-0.2, -0.15) is 0 Å². The Morgan fingerprint density at radius 3 is 2.83 bits per heavy atom. The summed E-state index contributed by atoms with van der Waals surface area (Å²) in [6.45, 7) is 1.64. The average Bonchev–Trinajstić information content (AvgIpc) is 2.62. The number of phenolic OH excluding ortho intramolecular Hbond substituents is 1. The number of anilines is 1. The third-order valence-corrected chi connectivity index (χ3v) is 4.23. The summed E-state index contributed by atoms with van der Waals surface area (Å²) in [4.78, 5) is 22.9. The first kappa shape index (κ1) is 16.2. The number of hydrogen-bond donors (Lipinski definition) is 2. The topological polar surface area (TPSA) is 78.4 Å². The lowest BCUT2D eigenvalue weighted by Crippen LogP contribution is -2.48. The second-order valence-electron chi connectivity index (χ2n) is 6.03. The van der Waals surface area contributed by atoms with Crippen LogP contribution in [0, 0.1) is 0 Å². The number of carbonyl (C=O) groups is 1. The summed E-state index contributed by atoms with van der Waals surface area (Å²) in [7, 11) is 0. The van der Waals surface area contributed by atoms with Gasteiger partial charge in [0, 0.05) is 37.9 Å². The van der Waals surface area contributed by atoms with Crippen molar-refractivity contribution in [1.82, 2.24) is 15.3 Å². The Bertz CT molecular complexity index is 678. The second-order valence-corrected chi connectivity index (χ2v) is 6.03. The van der Waals surface area contributed by atoms with Gasteiger partial charge < -0.3 is 15.3 Å². The highest BCUT2D eigenvalue weighted by atomic mass is 16.3. The lowest BCUT2D eigenvalue weighted by Gasteiger charge is -2.33. The Labute approximate surface area is 141 Å². The number of piperidine rings is 1. The Balaban J connectivity index is 1.50. The smallest absolute Gasteiger partial charge is 0.225 e. The van der Waals surface area contributed by atoms with Crippen molar-refractivity contribution in [2.75, 3.05) is 18.0 Å². The van der Waals surface area contributed by atoms with Gasteiger partial charge in [-0.15, -0.1) is 0 Å². The van der Waals surface area contributed by atoms with Crippen molar-refractivity contribution in [3.63, 3.8) is 0 Å². The van der Waals surface area contributed by atoms with Gasteiger partial charge in [-0.05, 0) is 37.0 Å². The van der Waals surface area contributed by atoms with E-state index < -0.39 is 0 Å². The lowest BCUT2D eigenvalue weighted by atomic mass is 10.0. The molecule has 1 fully saturated rings. The molecule has 0 bridgehead atoms. The van der Waals surface area contributed by atoms with Crippen molar-refractivity contribution in [1.29, 1.82) is 0 Å². The molecule has 1 aromatic heterocycles. The van der Waals surface area contributed by atoms with Crippen LogP contribution in [0.1, 0.15) is 24.8 Å². The zero-order chi connectivity index (χ0) is 16.8. The van der Waals surface area contributed by atoms with Crippen molar-refractivity contribution < 1.29 is 9.90 Å². The molecule has 1 amide bonds. The van der Waals surface area contributed by atoms with Gasteiger partial charge in [0.25, 0.3) is 0 Å². The van der Waals surface area contributed by atoms with E-state index in [1.54, 1.807) is 30.6 Å². The number of nitrogens with one attached hydrogen (secondary N) is 1. The van der Waals surface area contributed by atoms with Crippen molar-refractivity contribution in [2.45, 2.75) is 31.7 Å². The van der Waals surface area contributed by atoms with Crippen molar-refractivity contribution in [3.05, 3.63) is 48.3 Å². The number of nitrogens with zero attached hydrogens (tertiary/aromatic N) is 3. The first-order valence-corrected chi connectivity index (χ1v) is 8.30. The molecule has 1 aliphatic rings. The standard InChI is InChI=1S/C18H22N4O2/c23-16-7-2-1-5-14(16)8-9-17(24)21-15-6-3-12-22(13-15)18-19-10-4-11-20-18/h1-2,4-5,7,10-11,15,23H,3,6,8-9,12-13H2,(H,21,24). The number of para-hydroxylation sites is 1. The molecule has 2 N–H and O–H groups in total. The summed E-state index contributed by atoms with van der Waals surface area (Å²) in [6.07, 6.45) is 6.34. The van der Waals surface area contributed by atoms with E-state index >= 15 is 0 Å². The van der Waals surface area contributed by atoms with Gasteiger partial charge in [0.15, 0.2) is 0 Å². The molecule has 1 unspecified atom stereocenters. The monoisotopic (exact) mass is 326 g/mol. The minimum atomic E-state index is 0.0130. The van der Waals surface area contributed by atoms with E-state index in [1.807, 2.05) is 12.1 Å². The van der Waals surface area contributed by atoms with E-state index in [1.165, 1.54) is 0 Å². The highest BCUT2D eigenvalue weighted by Gasteiger charge is 2.22. The van der Waals surface area contributed by atoms with E-state index in [9.17, 15) is 9.90 Å². The van der Waals surface area contributed by atoms with Crippen LogP contribution >= 0.6 is 0 Å². The van der Waals surface area contributed by atoms with Crippen LogP contribution in [0.25, 0.3) is 0 Å². The van der Waals surface area contributed by atoms with Crippen LogP contribution in [0.4, 0.5) is 5.95 Å². The second kappa shape index (κ2) is 7.77. The van der Waals surface area contributed by atoms with Crippen molar-refractivity contribution in [3.8, 4) is 5.75 Å². The molecule has 24 heavy (non-hydrogen) atoms. The number of carbonyl (C=O) groups excluding carboxylic acids is 1. The molecule has 2 heterocycles. The summed E-state index contributed by atoms with van der Waals surface area (Å²) in [5.74, 6) is 0.972. The maximum atomic E-state index is 12.2. The number of amides is 1. The molecule has 0 aliphatic carbocycles. The van der Waals surface area contributed by atoms with E-state index in [4.69, 9.17) is 0 Å². The van der Waals surface area contributed by atoms with Gasteiger partial charge in [-0.1, -0.05) is 18.2 Å². The highest BCUT2D eigenvalue weighted by molar-refractivity contribution is 5.76. The molecule has 0 saturated carbocycles. The predicted octanol–water partition coefficient (Wildman–Crippen LogP) is 1.90. The normalized spacial score (nSPS) is 17.5. The fraction of sp³-hybridized carbons (Fsp3) is 0.389. The van der Waals surface area contributed by atoms with Gasteiger partial charge in [-0.25, -0.2) is 9.97 Å². The number of hydrogen-bond acceptors (Lipinski definition) is 5. The minimum Gasteiger partial charge on any atom is -0.508 e. The molecule has 6 heteroatoms. The van der Waals surface area contributed by atoms with Crippen LogP contribution in [-0.2, 0) is 11.2 Å². The summed E-state index contributed by atoms with van der Waals surface area (Å²) < 4.78 is 0. The molecular formula is C18H22N4O2. The zero-order valence-electron chi connectivity index (χ0n) is 13.6. The molecule has 1 aliphatic heterocycles. The molecule has 3 rings (SSSR count). The number of aromatic hydroxyl groups is 1. The van der Waals surface area contributed by atoms with Crippen LogP contribution in [0.15, 0.2) is 42.7 Å². The SMILES string of the molecule is O=C(CCc1ccccc1O)NC1CCCN(c2ncccn2)C1. The molecule has 126 valence electrons. The Morgan fingerprint density at radius 2 is 2.04 bits per heavy atom. The fourth-order valence-corrected chi connectivity index (χ4v) is 3.00. The number of aromatic nitrogens is 2. The lowest BCUT2D eigenvalue weighted by molar-refractivity contribution is -0.121. The zero-order valence-corrected chi connectivity index (χ0v) is 13.6. The number of rotatable bonds is 5. The maximum Gasteiger partial charge on any atom is 0.225 e. The quantitative estimate of drug-likeness (QED) is 0.877. The van der Waals surface area contributed by atoms with Crippen LogP contribution < -0.4 is 10.2 Å². The Morgan fingerprint density at radius 1 is 1.25 bits per heavy atom. The molecule has 1 aromatic carbocycles. The summed E-state index contributed by atoms with van der Waals surface area (Å²) in [5, 5.41) is 12.8. The predicted molar refractivity (Wildman–Crippen MR) is 91.8 cm³/mol. The van der Waals surface area contributed by atoms with Gasteiger partial charge in [-0.3, -0.25) is 4.79 Å². The van der Waals surface area contributed by atoms with Gasteiger partial charge >= 0.3 is 0 Å². The highest BCUT2D eigenvalue weighted by Crippen LogP contribution is 2.18. The maximum absolute atomic E-state index is 12.2. The number of aryl methyl sites for hydroxylation is 1. The fourth-order valence-electron chi connectivity index (χ4n) is 3.00. The van der Waals surface area contributed by atoms with Gasteiger partial charge in [0.1, 0.15) is 5.75 Å². The van der Waals surface area contributed by atoms with Gasteiger partial charge in [0.2, 0.25) is 11.9 Å². The summed E-state index contributed by atoms with van der Waals surface area (Å²) in [5.41, 5.74) is 0.801. The van der Waals surface area contributed by atoms with E-state index in [0.29, 0.717) is 18.8 Å². The third kappa shape index (κ3) is 4.22. The average molecular weight is 326 g/mol. The number of phenols is 1. The molecule has 0 spiro atoms. The van der Waals surface area contributed by atoms with E-state index in [2.05, 4.69) is 20.2 Å². The molecule has 2 aromatic rings. The minimum absolute atomic E-state index is 0.0130. The summed E-state index contributed by atoms with van der Waals surface area (Å²) >= 11 is 0. The van der Waals surface area contributed by atoms with Crippen molar-refractivity contribution >= 4 is 11.9 Å². The molecule has 6 nitrogen and oxygen atoms in total. The van der Waals surface area contributed by atoms with Gasteiger partial charge in [0.05, 0.1) is 0 Å². The molecule has 1 atom stereocenters. The first-order valence-electron chi connectivity index (χ1n) is 8.30. The first-order chi connectivity index (χ1) is 11.7. The third-order valence-electron chi connectivity index (χ3n) is 4.23. The Hall–Kier alpha value is -2.63. The summed E-state index contributed by atoms with van der Waals surface area (Å²) in [6, 6.07) is 9.04. The van der Waals surface area contributed by atoms with Crippen LogP contribution in [-0.4, -0.2) is 40.1 Å². The Kier molecular flexibility index (Phi) is 5.25. The van der Waals surface area contributed by atoms with Crippen LogP contribution in [0.3, 0.4) is 0 Å². The number of benzene rings is 1. The van der Waals surface area contributed by atoms with E-state index in [0.717, 1.165) is 31.5 Å². The van der Waals surface area contributed by atoms with Crippen LogP contribution in [0.2, 0.25) is 0 Å². The molecular weight excluding hydrogens is 304 g/mol. The molecule has 0 radical (unpaired) electrons. The van der Waals surface area contributed by atoms with Crippen molar-refractivity contribution in [2.24, 2.45) is 0 Å². The van der Waals surface area contributed by atoms with E-state index in [-0.39, 0.29) is 17.7 Å².